The lowest BCUT2D eigenvalue weighted by atomic mass is 10.2. The van der Waals surface area contributed by atoms with Gasteiger partial charge in [0.2, 0.25) is 5.91 Å². The zero-order chi connectivity index (χ0) is 19.0. The Bertz CT molecular complexity index is 534. The van der Waals surface area contributed by atoms with Crippen molar-refractivity contribution >= 4 is 11.9 Å². The van der Waals surface area contributed by atoms with Crippen LogP contribution in [0.15, 0.2) is 29.3 Å². The predicted molar refractivity (Wildman–Crippen MR) is 102 cm³/mol. The molecule has 26 heavy (non-hydrogen) atoms. The molecule has 1 aromatic carbocycles. The minimum Gasteiger partial charge on any atom is -0.497 e. The Morgan fingerprint density at radius 1 is 1.04 bits per heavy atom. The molecule has 146 valence electrons. The van der Waals surface area contributed by atoms with Crippen molar-refractivity contribution in [2.45, 2.75) is 13.0 Å². The third-order valence-corrected chi connectivity index (χ3v) is 3.48. The Balaban J connectivity index is 2.14. The summed E-state index contributed by atoms with van der Waals surface area (Å²) in [7, 11) is 4.94. The number of carbonyl (C=O) groups is 1. The number of carbonyl (C=O) groups excluding carboxylic acids is 1. The average molecular weight is 366 g/mol. The average Bonchev–Trinajstić information content (AvgIpc) is 2.68. The zero-order valence-electron chi connectivity index (χ0n) is 15.8. The van der Waals surface area contributed by atoms with Gasteiger partial charge < -0.3 is 30.2 Å². The van der Waals surface area contributed by atoms with Crippen molar-refractivity contribution in [3.05, 3.63) is 29.8 Å². The van der Waals surface area contributed by atoms with Crippen molar-refractivity contribution in [2.75, 3.05) is 54.2 Å². The number of hydrogen-bond donors (Lipinski definition) is 3. The van der Waals surface area contributed by atoms with Gasteiger partial charge in [-0.05, 0) is 24.1 Å². The maximum absolute atomic E-state index is 11.9. The van der Waals surface area contributed by atoms with E-state index < -0.39 is 0 Å². The number of amides is 1. The first-order valence-electron chi connectivity index (χ1n) is 8.60. The Morgan fingerprint density at radius 3 is 2.46 bits per heavy atom. The first kappa shape index (κ1) is 21.7. The van der Waals surface area contributed by atoms with Crippen LogP contribution in [0.25, 0.3) is 0 Å². The van der Waals surface area contributed by atoms with Crippen molar-refractivity contribution in [1.29, 1.82) is 0 Å². The second kappa shape index (κ2) is 13.9. The molecule has 0 heterocycles. The van der Waals surface area contributed by atoms with Gasteiger partial charge in [-0.25, -0.2) is 0 Å². The summed E-state index contributed by atoms with van der Waals surface area (Å²) in [5, 5.41) is 8.97. The van der Waals surface area contributed by atoms with E-state index in [4.69, 9.17) is 14.2 Å². The Kier molecular flexibility index (Phi) is 11.6. The van der Waals surface area contributed by atoms with Crippen LogP contribution in [0, 0.1) is 0 Å². The summed E-state index contributed by atoms with van der Waals surface area (Å²) in [6.07, 6.45) is 0.841. The van der Waals surface area contributed by atoms with Crippen LogP contribution >= 0.6 is 0 Å². The van der Waals surface area contributed by atoms with Gasteiger partial charge in [0.15, 0.2) is 5.96 Å². The highest BCUT2D eigenvalue weighted by Gasteiger charge is 2.04. The van der Waals surface area contributed by atoms with Crippen LogP contribution < -0.4 is 20.7 Å². The van der Waals surface area contributed by atoms with E-state index in [1.54, 1.807) is 21.3 Å². The van der Waals surface area contributed by atoms with Gasteiger partial charge in [-0.15, -0.1) is 0 Å². The van der Waals surface area contributed by atoms with Crippen molar-refractivity contribution in [3.63, 3.8) is 0 Å². The first-order valence-corrected chi connectivity index (χ1v) is 8.60. The van der Waals surface area contributed by atoms with Gasteiger partial charge >= 0.3 is 0 Å². The third kappa shape index (κ3) is 9.85. The fraction of sp³-hybridized carbons (Fsp3) is 0.556. The molecule has 0 radical (unpaired) electrons. The van der Waals surface area contributed by atoms with Gasteiger partial charge in [0.25, 0.3) is 0 Å². The van der Waals surface area contributed by atoms with Crippen molar-refractivity contribution < 1.29 is 19.0 Å². The van der Waals surface area contributed by atoms with E-state index in [0.717, 1.165) is 17.7 Å². The monoisotopic (exact) mass is 366 g/mol. The van der Waals surface area contributed by atoms with E-state index in [1.807, 2.05) is 24.3 Å². The van der Waals surface area contributed by atoms with Crippen LogP contribution in [-0.2, 0) is 20.8 Å². The molecule has 1 aromatic rings. The minimum absolute atomic E-state index is 0.105. The molecule has 0 bridgehead atoms. The molecular weight excluding hydrogens is 336 g/mol. The van der Waals surface area contributed by atoms with Crippen LogP contribution in [0.2, 0.25) is 0 Å². The lowest BCUT2D eigenvalue weighted by molar-refractivity contribution is -0.120. The van der Waals surface area contributed by atoms with Crippen molar-refractivity contribution in [3.8, 4) is 5.75 Å². The maximum atomic E-state index is 11.9. The smallest absolute Gasteiger partial charge is 0.239 e. The summed E-state index contributed by atoms with van der Waals surface area (Å²) in [5.41, 5.74) is 1.01. The molecule has 0 aliphatic carbocycles. The summed E-state index contributed by atoms with van der Waals surface area (Å²) in [6, 6.07) is 7.57. The lowest BCUT2D eigenvalue weighted by Crippen LogP contribution is -2.43. The van der Waals surface area contributed by atoms with E-state index in [2.05, 4.69) is 20.9 Å². The molecular formula is C18H30N4O4. The molecule has 0 fully saturated rings. The predicted octanol–water partition coefficient (Wildman–Crippen LogP) is 0.530. The number of rotatable bonds is 12. The van der Waals surface area contributed by atoms with Gasteiger partial charge in [-0.2, -0.15) is 0 Å². The highest BCUT2D eigenvalue weighted by molar-refractivity contribution is 5.86. The van der Waals surface area contributed by atoms with Crippen molar-refractivity contribution in [1.82, 2.24) is 16.0 Å². The van der Waals surface area contributed by atoms with Gasteiger partial charge in [0.1, 0.15) is 5.75 Å². The first-order chi connectivity index (χ1) is 12.7. The topological polar surface area (TPSA) is 93.2 Å². The SMILES string of the molecule is CN=C(NCCCOCCOC)NCC(=O)NCc1ccc(OC)cc1. The highest BCUT2D eigenvalue weighted by Crippen LogP contribution is 2.10. The standard InChI is InChI=1S/C18H30N4O4/c1-19-18(20-9-4-10-26-12-11-24-2)22-14-17(23)21-13-15-5-7-16(25-3)8-6-15/h5-8H,4,9-14H2,1-3H3,(H,21,23)(H2,19,20,22). The quantitative estimate of drug-likeness (QED) is 0.284. The summed E-state index contributed by atoms with van der Waals surface area (Å²) in [6.45, 7) is 3.17. The van der Waals surface area contributed by atoms with Crippen LogP contribution in [0.1, 0.15) is 12.0 Å². The number of guanidine groups is 1. The Morgan fingerprint density at radius 2 is 1.81 bits per heavy atom. The van der Waals surface area contributed by atoms with Crippen molar-refractivity contribution in [2.24, 2.45) is 4.99 Å². The minimum atomic E-state index is -0.105. The molecule has 0 spiro atoms. The molecule has 0 saturated carbocycles. The molecule has 1 amide bonds. The van der Waals surface area contributed by atoms with Gasteiger partial charge in [-0.3, -0.25) is 9.79 Å². The number of hydrogen-bond acceptors (Lipinski definition) is 5. The van der Waals surface area contributed by atoms with Crippen LogP contribution in [0.3, 0.4) is 0 Å². The molecule has 3 N–H and O–H groups in total. The largest absolute Gasteiger partial charge is 0.497 e. The number of nitrogens with one attached hydrogen (secondary N) is 3. The molecule has 8 nitrogen and oxygen atoms in total. The number of ether oxygens (including phenoxy) is 3. The molecule has 8 heteroatoms. The van der Waals surface area contributed by atoms with Crippen LogP contribution in [0.5, 0.6) is 5.75 Å². The molecule has 0 atom stereocenters. The maximum Gasteiger partial charge on any atom is 0.239 e. The summed E-state index contributed by atoms with van der Waals surface area (Å²) < 4.78 is 15.4. The second-order valence-electron chi connectivity index (χ2n) is 5.44. The Hall–Kier alpha value is -2.32. The summed E-state index contributed by atoms with van der Waals surface area (Å²) in [4.78, 5) is 16.0. The third-order valence-electron chi connectivity index (χ3n) is 3.48. The molecule has 0 saturated heterocycles. The van der Waals surface area contributed by atoms with Gasteiger partial charge in [-0.1, -0.05) is 12.1 Å². The van der Waals surface area contributed by atoms with E-state index >= 15 is 0 Å². The molecule has 1 rings (SSSR count). The normalized spacial score (nSPS) is 11.1. The van der Waals surface area contributed by atoms with E-state index in [-0.39, 0.29) is 12.5 Å². The molecule has 0 unspecified atom stereocenters. The molecule has 0 aliphatic rings. The number of benzene rings is 1. The summed E-state index contributed by atoms with van der Waals surface area (Å²) >= 11 is 0. The fourth-order valence-corrected chi connectivity index (χ4v) is 2.02. The van der Waals surface area contributed by atoms with Gasteiger partial charge in [0, 0.05) is 33.9 Å². The fourth-order valence-electron chi connectivity index (χ4n) is 2.02. The van der Waals surface area contributed by atoms with Crippen LogP contribution in [0.4, 0.5) is 0 Å². The van der Waals surface area contributed by atoms with E-state index in [1.165, 1.54) is 0 Å². The Labute approximate surface area is 155 Å². The lowest BCUT2D eigenvalue weighted by Gasteiger charge is -2.12. The summed E-state index contributed by atoms with van der Waals surface area (Å²) in [5.74, 6) is 1.27. The van der Waals surface area contributed by atoms with E-state index in [0.29, 0.717) is 38.9 Å². The van der Waals surface area contributed by atoms with Gasteiger partial charge in [0.05, 0.1) is 26.9 Å². The zero-order valence-corrected chi connectivity index (χ0v) is 15.8. The van der Waals surface area contributed by atoms with E-state index in [9.17, 15) is 4.79 Å². The van der Waals surface area contributed by atoms with Crippen LogP contribution in [-0.4, -0.2) is 66.0 Å². The number of nitrogens with zero attached hydrogens (tertiary/aromatic N) is 1. The number of methoxy groups -OCH3 is 2. The number of aliphatic imine (C=N–C) groups is 1. The highest BCUT2D eigenvalue weighted by atomic mass is 16.5. The molecule has 0 aliphatic heterocycles. The second-order valence-corrected chi connectivity index (χ2v) is 5.44. The molecule has 0 aromatic heterocycles.